The van der Waals surface area contributed by atoms with E-state index in [-0.39, 0.29) is 25.4 Å². The average molecular weight is 208 g/mol. The van der Waals surface area contributed by atoms with Gasteiger partial charge in [0.05, 0.1) is 25.4 Å². The lowest BCUT2D eigenvalue weighted by molar-refractivity contribution is 0.102. The number of rotatable bonds is 3. The van der Waals surface area contributed by atoms with Crippen molar-refractivity contribution in [1.82, 2.24) is 0 Å². The molecule has 0 heterocycles. The molecular weight excluding hydrogens is 184 g/mol. The summed E-state index contributed by atoms with van der Waals surface area (Å²) in [6.45, 7) is 8.32. The van der Waals surface area contributed by atoms with Crippen molar-refractivity contribution in [2.24, 2.45) is 0 Å². The first kappa shape index (κ1) is 19.2. The van der Waals surface area contributed by atoms with Gasteiger partial charge in [-0.25, -0.2) is 0 Å². The van der Waals surface area contributed by atoms with Crippen molar-refractivity contribution in [1.29, 1.82) is 0 Å². The van der Waals surface area contributed by atoms with Gasteiger partial charge in [0.1, 0.15) is 0 Å². The maximum atomic E-state index is 8.56. The molecule has 2 unspecified atom stereocenters. The second-order valence-corrected chi connectivity index (χ2v) is 2.79. The van der Waals surface area contributed by atoms with E-state index in [2.05, 4.69) is 6.58 Å². The van der Waals surface area contributed by atoms with Crippen LogP contribution in [0.25, 0.3) is 0 Å². The van der Waals surface area contributed by atoms with Gasteiger partial charge >= 0.3 is 0 Å². The van der Waals surface area contributed by atoms with Crippen molar-refractivity contribution in [2.45, 2.75) is 39.4 Å². The van der Waals surface area contributed by atoms with Crippen molar-refractivity contribution >= 4 is 0 Å². The van der Waals surface area contributed by atoms with Crippen molar-refractivity contribution in [2.75, 3.05) is 13.2 Å². The van der Waals surface area contributed by atoms with Crippen LogP contribution in [0, 0.1) is 0 Å². The fourth-order valence-electron chi connectivity index (χ4n) is 0.494. The third kappa shape index (κ3) is 61.8. The number of hydrogen-bond donors (Lipinski definition) is 4. The molecule has 4 nitrogen and oxygen atoms in total. The van der Waals surface area contributed by atoms with E-state index in [4.69, 9.17) is 20.4 Å². The van der Waals surface area contributed by atoms with Crippen LogP contribution in [0.5, 0.6) is 0 Å². The molecule has 4 N–H and O–H groups in total. The number of allylic oxidation sites excluding steroid dienone is 1. The molecule has 0 aliphatic rings. The molecule has 88 valence electrons. The highest BCUT2D eigenvalue weighted by atomic mass is 16.3. The minimum atomic E-state index is -0.375. The van der Waals surface area contributed by atoms with Gasteiger partial charge in [-0.3, -0.25) is 0 Å². The molecule has 2 atom stereocenters. The molecule has 0 radical (unpaired) electrons. The van der Waals surface area contributed by atoms with Crippen LogP contribution in [0.15, 0.2) is 12.7 Å². The van der Waals surface area contributed by atoms with Crippen LogP contribution in [-0.2, 0) is 0 Å². The molecule has 0 saturated heterocycles. The van der Waals surface area contributed by atoms with Crippen LogP contribution in [0.4, 0.5) is 0 Å². The van der Waals surface area contributed by atoms with E-state index in [1.807, 2.05) is 6.92 Å². The van der Waals surface area contributed by atoms with Gasteiger partial charge in [0.25, 0.3) is 0 Å². The predicted molar refractivity (Wildman–Crippen MR) is 58.0 cm³/mol. The first-order valence-electron chi connectivity index (χ1n) is 4.61. The van der Waals surface area contributed by atoms with E-state index in [9.17, 15) is 0 Å². The quantitative estimate of drug-likeness (QED) is 0.503. The Balaban J connectivity index is -0.000000147. The van der Waals surface area contributed by atoms with Crippen LogP contribution in [0.3, 0.4) is 0 Å². The first-order chi connectivity index (χ1) is 6.45. The summed E-state index contributed by atoms with van der Waals surface area (Å²) in [5.41, 5.74) is 0. The van der Waals surface area contributed by atoms with Crippen LogP contribution in [0.2, 0.25) is 0 Å². The van der Waals surface area contributed by atoms with E-state index in [0.717, 1.165) is 0 Å². The van der Waals surface area contributed by atoms with Crippen LogP contribution in [0.1, 0.15) is 27.2 Å². The molecule has 14 heavy (non-hydrogen) atoms. The summed E-state index contributed by atoms with van der Waals surface area (Å²) in [6, 6.07) is 0. The van der Waals surface area contributed by atoms with Crippen LogP contribution < -0.4 is 0 Å². The summed E-state index contributed by atoms with van der Waals surface area (Å²) in [7, 11) is 0. The molecule has 0 aliphatic heterocycles. The monoisotopic (exact) mass is 208 g/mol. The molecule has 0 aromatic carbocycles. The molecule has 0 spiro atoms. The van der Waals surface area contributed by atoms with Gasteiger partial charge in [-0.2, -0.15) is 0 Å². The topological polar surface area (TPSA) is 80.9 Å². The smallest absolute Gasteiger partial charge is 0.0662 e. The Bertz CT molecular complexity index is 84.1. The zero-order valence-corrected chi connectivity index (χ0v) is 9.35. The highest BCUT2D eigenvalue weighted by molar-refractivity contribution is 4.51. The minimum absolute atomic E-state index is 0.125. The van der Waals surface area contributed by atoms with Gasteiger partial charge in [0.2, 0.25) is 0 Å². The Hall–Kier alpha value is -0.420. The highest BCUT2D eigenvalue weighted by Crippen LogP contribution is 1.93. The van der Waals surface area contributed by atoms with Gasteiger partial charge < -0.3 is 20.4 Å². The van der Waals surface area contributed by atoms with E-state index >= 15 is 0 Å². The van der Waals surface area contributed by atoms with E-state index in [1.165, 1.54) is 0 Å². The summed E-state index contributed by atoms with van der Waals surface area (Å²) in [5, 5.41) is 32.4. The molecule has 0 amide bonds. The predicted octanol–water partition coefficient (Wildman–Crippen LogP) is 0.301. The summed E-state index contributed by atoms with van der Waals surface area (Å²) in [5.74, 6) is 0. The zero-order valence-electron chi connectivity index (χ0n) is 9.35. The molecule has 0 aliphatic carbocycles. The lowest BCUT2D eigenvalue weighted by Gasteiger charge is -2.04. The largest absolute Gasteiger partial charge is 0.394 e. The Labute approximate surface area is 86.5 Å². The molecule has 4 heteroatoms. The van der Waals surface area contributed by atoms with Gasteiger partial charge in [-0.05, 0) is 27.2 Å². The third-order valence-electron chi connectivity index (χ3n) is 0.782. The first-order valence-corrected chi connectivity index (χ1v) is 4.61. The molecule has 0 fully saturated rings. The summed E-state index contributed by atoms with van der Waals surface area (Å²) in [6.07, 6.45) is 1.47. The fourth-order valence-corrected chi connectivity index (χ4v) is 0.494. The standard InChI is InChI=1S/C5H12O2.C3H6.C2H6O2/c1-4(6)3-5(2)7;1-3-2;3-1-2-4/h4-7H,3H2,1-2H3;3H,1H2,2H3;3-4H,1-2H2. The molecule has 0 rings (SSSR count). The Kier molecular flexibility index (Phi) is 25.2. The Morgan fingerprint density at radius 2 is 1.29 bits per heavy atom. The summed E-state index contributed by atoms with van der Waals surface area (Å²) < 4.78 is 0. The Morgan fingerprint density at radius 1 is 1.07 bits per heavy atom. The van der Waals surface area contributed by atoms with Crippen LogP contribution >= 0.6 is 0 Å². The second kappa shape index (κ2) is 18.4. The SMILES string of the molecule is C=CC.CC(O)CC(C)O.OCCO. The summed E-state index contributed by atoms with van der Waals surface area (Å²) in [4.78, 5) is 0. The van der Waals surface area contributed by atoms with Crippen molar-refractivity contribution in [3.05, 3.63) is 12.7 Å². The molecular formula is C10H24O4. The minimum Gasteiger partial charge on any atom is -0.394 e. The van der Waals surface area contributed by atoms with E-state index in [1.54, 1.807) is 19.9 Å². The third-order valence-corrected chi connectivity index (χ3v) is 0.782. The lowest BCUT2D eigenvalue weighted by atomic mass is 10.2. The zero-order chi connectivity index (χ0) is 12.0. The van der Waals surface area contributed by atoms with Crippen molar-refractivity contribution in [3.8, 4) is 0 Å². The average Bonchev–Trinajstić information content (AvgIpc) is 2.04. The maximum absolute atomic E-state index is 8.56. The molecule has 0 saturated carbocycles. The van der Waals surface area contributed by atoms with Gasteiger partial charge in [0.15, 0.2) is 0 Å². The van der Waals surface area contributed by atoms with Gasteiger partial charge in [0, 0.05) is 0 Å². The number of aliphatic hydroxyl groups excluding tert-OH is 4. The van der Waals surface area contributed by atoms with Gasteiger partial charge in [-0.15, -0.1) is 6.58 Å². The lowest BCUT2D eigenvalue weighted by Crippen LogP contribution is -2.10. The van der Waals surface area contributed by atoms with Gasteiger partial charge in [-0.1, -0.05) is 6.08 Å². The maximum Gasteiger partial charge on any atom is 0.0662 e. The molecule has 0 aromatic rings. The molecule has 0 aromatic heterocycles. The second-order valence-electron chi connectivity index (χ2n) is 2.79. The Morgan fingerprint density at radius 3 is 1.29 bits per heavy atom. The van der Waals surface area contributed by atoms with Crippen molar-refractivity contribution < 1.29 is 20.4 Å². The highest BCUT2D eigenvalue weighted by Gasteiger charge is 1.98. The van der Waals surface area contributed by atoms with E-state index < -0.39 is 0 Å². The number of aliphatic hydroxyl groups is 4. The van der Waals surface area contributed by atoms with E-state index in [0.29, 0.717) is 6.42 Å². The van der Waals surface area contributed by atoms with Crippen molar-refractivity contribution in [3.63, 3.8) is 0 Å². The van der Waals surface area contributed by atoms with Crippen LogP contribution in [-0.4, -0.2) is 45.8 Å². The molecule has 0 bridgehead atoms. The fraction of sp³-hybridized carbons (Fsp3) is 0.800. The number of hydrogen-bond acceptors (Lipinski definition) is 4. The summed E-state index contributed by atoms with van der Waals surface area (Å²) >= 11 is 0. The normalized spacial score (nSPS) is 12.5.